The highest BCUT2D eigenvalue weighted by Gasteiger charge is 2.27. The number of hydrogen-bond acceptors (Lipinski definition) is 4. The first-order chi connectivity index (χ1) is 9.92. The maximum atomic E-state index is 3.86. The molecule has 116 valence electrons. The Morgan fingerprint density at radius 3 is 2.20 bits per heavy atom. The molecule has 1 N–H and O–H groups in total. The topological polar surface area (TPSA) is 15.3 Å². The molecule has 2 aliphatic heterocycles. The van der Waals surface area contributed by atoms with E-state index in [4.69, 9.17) is 0 Å². The van der Waals surface area contributed by atoms with Gasteiger partial charge in [-0.2, -0.15) is 23.5 Å². The highest BCUT2D eigenvalue weighted by atomic mass is 32.2. The number of piperidine rings is 1. The molecule has 0 aromatic carbocycles. The Hall–Kier alpha value is 0.620. The van der Waals surface area contributed by atoms with Gasteiger partial charge in [0.15, 0.2) is 0 Å². The van der Waals surface area contributed by atoms with Gasteiger partial charge in [-0.15, -0.1) is 0 Å². The Bertz CT molecular complexity index is 266. The molecule has 0 amide bonds. The van der Waals surface area contributed by atoms with Gasteiger partial charge in [0.05, 0.1) is 0 Å². The second-order valence-electron chi connectivity index (χ2n) is 6.67. The van der Waals surface area contributed by atoms with Crippen molar-refractivity contribution in [3.05, 3.63) is 0 Å². The average molecular weight is 315 g/mol. The van der Waals surface area contributed by atoms with Crippen molar-refractivity contribution in [1.82, 2.24) is 10.2 Å². The Morgan fingerprint density at radius 2 is 1.55 bits per heavy atom. The summed E-state index contributed by atoms with van der Waals surface area (Å²) in [6.07, 6.45) is 8.75. The molecule has 2 nitrogen and oxygen atoms in total. The SMILES string of the molecule is C1CCC(N2CCC(CNC3CSCCSC3)CC2)C1. The standard InChI is InChI=1S/C16H30N2S2/c1-2-4-16(3-1)18-7-5-14(6-8-18)11-17-15-12-19-9-10-20-13-15/h14-17H,1-13H2. The molecule has 0 spiro atoms. The van der Waals surface area contributed by atoms with Gasteiger partial charge in [-0.25, -0.2) is 0 Å². The van der Waals surface area contributed by atoms with Crippen molar-refractivity contribution in [2.75, 3.05) is 42.6 Å². The lowest BCUT2D eigenvalue weighted by molar-refractivity contribution is 0.132. The third-order valence-electron chi connectivity index (χ3n) is 5.20. The van der Waals surface area contributed by atoms with E-state index in [2.05, 4.69) is 33.7 Å². The summed E-state index contributed by atoms with van der Waals surface area (Å²) in [6, 6.07) is 1.71. The van der Waals surface area contributed by atoms with E-state index in [1.54, 1.807) is 0 Å². The third-order valence-corrected chi connectivity index (χ3v) is 7.72. The van der Waals surface area contributed by atoms with Gasteiger partial charge in [0.25, 0.3) is 0 Å². The summed E-state index contributed by atoms with van der Waals surface area (Å²) in [6.45, 7) is 4.00. The second-order valence-corrected chi connectivity index (χ2v) is 8.97. The predicted molar refractivity (Wildman–Crippen MR) is 93.0 cm³/mol. The summed E-state index contributed by atoms with van der Waals surface area (Å²) in [4.78, 5) is 2.79. The van der Waals surface area contributed by atoms with Crippen LogP contribution in [-0.4, -0.2) is 59.6 Å². The molecule has 2 heterocycles. The monoisotopic (exact) mass is 314 g/mol. The molecule has 0 bridgehead atoms. The summed E-state index contributed by atoms with van der Waals surface area (Å²) in [5, 5.41) is 3.86. The van der Waals surface area contributed by atoms with Crippen LogP contribution in [0.25, 0.3) is 0 Å². The zero-order valence-corrected chi connectivity index (χ0v) is 14.3. The molecule has 3 aliphatic rings. The number of thioether (sulfide) groups is 2. The molecule has 0 aromatic heterocycles. The molecule has 0 radical (unpaired) electrons. The van der Waals surface area contributed by atoms with Gasteiger partial charge in [-0.1, -0.05) is 12.8 Å². The van der Waals surface area contributed by atoms with Crippen LogP contribution in [-0.2, 0) is 0 Å². The van der Waals surface area contributed by atoms with Crippen LogP contribution in [0.4, 0.5) is 0 Å². The van der Waals surface area contributed by atoms with Gasteiger partial charge >= 0.3 is 0 Å². The first-order valence-electron chi connectivity index (χ1n) is 8.55. The molecule has 20 heavy (non-hydrogen) atoms. The van der Waals surface area contributed by atoms with E-state index in [0.29, 0.717) is 0 Å². The molecule has 1 aliphatic carbocycles. The lowest BCUT2D eigenvalue weighted by Gasteiger charge is -2.36. The summed E-state index contributed by atoms with van der Waals surface area (Å²) in [5.74, 6) is 6.29. The van der Waals surface area contributed by atoms with Gasteiger partial charge in [0, 0.05) is 35.1 Å². The van der Waals surface area contributed by atoms with Crippen LogP contribution >= 0.6 is 23.5 Å². The Morgan fingerprint density at radius 1 is 0.900 bits per heavy atom. The first-order valence-corrected chi connectivity index (χ1v) is 10.9. The van der Waals surface area contributed by atoms with E-state index in [9.17, 15) is 0 Å². The maximum Gasteiger partial charge on any atom is 0.0248 e. The highest BCUT2D eigenvalue weighted by molar-refractivity contribution is 8.03. The largest absolute Gasteiger partial charge is 0.312 e. The van der Waals surface area contributed by atoms with E-state index in [1.807, 2.05) is 0 Å². The van der Waals surface area contributed by atoms with E-state index in [0.717, 1.165) is 18.0 Å². The number of hydrogen-bond donors (Lipinski definition) is 1. The summed E-state index contributed by atoms with van der Waals surface area (Å²) >= 11 is 4.27. The van der Waals surface area contributed by atoms with Crippen molar-refractivity contribution in [2.45, 2.75) is 50.6 Å². The number of rotatable bonds is 4. The Balaban J connectivity index is 1.33. The molecule has 0 atom stereocenters. The number of likely N-dealkylation sites (tertiary alicyclic amines) is 1. The zero-order chi connectivity index (χ0) is 13.6. The summed E-state index contributed by atoms with van der Waals surface area (Å²) < 4.78 is 0. The molecule has 3 rings (SSSR count). The van der Waals surface area contributed by atoms with E-state index >= 15 is 0 Å². The van der Waals surface area contributed by atoms with E-state index in [1.165, 1.54) is 81.2 Å². The summed E-state index contributed by atoms with van der Waals surface area (Å²) in [7, 11) is 0. The molecule has 2 saturated heterocycles. The van der Waals surface area contributed by atoms with Crippen molar-refractivity contribution in [1.29, 1.82) is 0 Å². The van der Waals surface area contributed by atoms with Crippen LogP contribution in [0.15, 0.2) is 0 Å². The number of nitrogens with zero attached hydrogens (tertiary/aromatic N) is 1. The van der Waals surface area contributed by atoms with Crippen molar-refractivity contribution in [2.24, 2.45) is 5.92 Å². The lowest BCUT2D eigenvalue weighted by atomic mass is 9.95. The Kier molecular flexibility index (Phi) is 6.44. The van der Waals surface area contributed by atoms with Crippen molar-refractivity contribution in [3.63, 3.8) is 0 Å². The molecular weight excluding hydrogens is 284 g/mol. The normalized spacial score (nSPS) is 28.8. The highest BCUT2D eigenvalue weighted by Crippen LogP contribution is 2.27. The molecule has 0 unspecified atom stereocenters. The molecular formula is C16H30N2S2. The minimum Gasteiger partial charge on any atom is -0.312 e. The van der Waals surface area contributed by atoms with E-state index in [-0.39, 0.29) is 0 Å². The van der Waals surface area contributed by atoms with Crippen LogP contribution < -0.4 is 5.32 Å². The zero-order valence-electron chi connectivity index (χ0n) is 12.7. The van der Waals surface area contributed by atoms with Crippen LogP contribution in [0, 0.1) is 5.92 Å². The second kappa shape index (κ2) is 8.30. The van der Waals surface area contributed by atoms with Gasteiger partial charge < -0.3 is 10.2 Å². The number of nitrogens with one attached hydrogen (secondary N) is 1. The van der Waals surface area contributed by atoms with Crippen molar-refractivity contribution >= 4 is 23.5 Å². The van der Waals surface area contributed by atoms with Crippen molar-refractivity contribution in [3.8, 4) is 0 Å². The van der Waals surface area contributed by atoms with Gasteiger partial charge in [-0.05, 0) is 51.2 Å². The van der Waals surface area contributed by atoms with E-state index < -0.39 is 0 Å². The third kappa shape index (κ3) is 4.56. The Labute approximate surface area is 133 Å². The fourth-order valence-electron chi connectivity index (χ4n) is 3.86. The first kappa shape index (κ1) is 15.5. The van der Waals surface area contributed by atoms with Crippen LogP contribution in [0.3, 0.4) is 0 Å². The van der Waals surface area contributed by atoms with Gasteiger partial charge in [0.2, 0.25) is 0 Å². The van der Waals surface area contributed by atoms with Gasteiger partial charge in [0.1, 0.15) is 0 Å². The predicted octanol–water partition coefficient (Wildman–Crippen LogP) is 3.08. The minimum atomic E-state index is 0.764. The van der Waals surface area contributed by atoms with Crippen LogP contribution in [0.1, 0.15) is 38.5 Å². The molecule has 1 saturated carbocycles. The molecule has 4 heteroatoms. The van der Waals surface area contributed by atoms with Crippen LogP contribution in [0.5, 0.6) is 0 Å². The quantitative estimate of drug-likeness (QED) is 0.857. The minimum absolute atomic E-state index is 0.764. The van der Waals surface area contributed by atoms with Gasteiger partial charge in [-0.3, -0.25) is 0 Å². The molecule has 0 aromatic rings. The smallest absolute Gasteiger partial charge is 0.0248 e. The summed E-state index contributed by atoms with van der Waals surface area (Å²) in [5.41, 5.74) is 0. The molecule has 3 fully saturated rings. The lowest BCUT2D eigenvalue weighted by Crippen LogP contribution is -2.44. The maximum absolute atomic E-state index is 3.86. The average Bonchev–Trinajstić information content (AvgIpc) is 2.90. The fourth-order valence-corrected chi connectivity index (χ4v) is 6.33. The van der Waals surface area contributed by atoms with Crippen LogP contribution in [0.2, 0.25) is 0 Å². The van der Waals surface area contributed by atoms with Crippen molar-refractivity contribution < 1.29 is 0 Å². The fraction of sp³-hybridized carbons (Fsp3) is 1.00.